The average Bonchev–Trinajstić information content (AvgIpc) is 2.97. The largest absolute Gasteiger partial charge is 0.481 e. The zero-order chi connectivity index (χ0) is 18.5. The minimum atomic E-state index is -1.00. The highest BCUT2D eigenvalue weighted by Gasteiger charge is 2.17. The van der Waals surface area contributed by atoms with Crippen molar-refractivity contribution in [3.8, 4) is 11.3 Å². The van der Waals surface area contributed by atoms with E-state index in [-0.39, 0.29) is 24.6 Å². The summed E-state index contributed by atoms with van der Waals surface area (Å²) in [6.07, 6.45) is -0.0283. The van der Waals surface area contributed by atoms with Crippen molar-refractivity contribution >= 4 is 28.3 Å². The summed E-state index contributed by atoms with van der Waals surface area (Å²) in [5.74, 6) is -1.63. The van der Waals surface area contributed by atoms with Gasteiger partial charge in [-0.3, -0.25) is 9.59 Å². The Morgan fingerprint density at radius 2 is 1.73 bits per heavy atom. The molecule has 26 heavy (non-hydrogen) atoms. The fourth-order valence-electron chi connectivity index (χ4n) is 2.44. The van der Waals surface area contributed by atoms with Gasteiger partial charge in [-0.1, -0.05) is 30.3 Å². The third-order valence-corrected chi connectivity index (χ3v) is 4.55. The van der Waals surface area contributed by atoms with Gasteiger partial charge in [0.1, 0.15) is 5.82 Å². The van der Waals surface area contributed by atoms with Crippen LogP contribution in [0.2, 0.25) is 0 Å². The van der Waals surface area contributed by atoms with Gasteiger partial charge in [-0.25, -0.2) is 9.37 Å². The summed E-state index contributed by atoms with van der Waals surface area (Å²) < 4.78 is 13.1. The van der Waals surface area contributed by atoms with Crippen molar-refractivity contribution in [3.63, 3.8) is 0 Å². The van der Waals surface area contributed by atoms with E-state index in [0.717, 1.165) is 16.9 Å². The maximum atomic E-state index is 13.1. The summed E-state index contributed by atoms with van der Waals surface area (Å²) >= 11 is 1.11. The average molecular weight is 370 g/mol. The number of hydrogen-bond donors (Lipinski definition) is 2. The molecule has 132 valence electrons. The lowest BCUT2D eigenvalue weighted by atomic mass is 10.1. The van der Waals surface area contributed by atoms with Crippen LogP contribution in [0.15, 0.2) is 54.6 Å². The lowest BCUT2D eigenvalue weighted by molar-refractivity contribution is -0.136. The Morgan fingerprint density at radius 3 is 2.38 bits per heavy atom. The van der Waals surface area contributed by atoms with Crippen molar-refractivity contribution in [1.82, 2.24) is 4.98 Å². The molecular formula is C19H15FN2O3S. The first-order valence-corrected chi connectivity index (χ1v) is 8.64. The van der Waals surface area contributed by atoms with Crippen LogP contribution in [0.5, 0.6) is 0 Å². The Morgan fingerprint density at radius 1 is 1.04 bits per heavy atom. The van der Waals surface area contributed by atoms with E-state index in [2.05, 4.69) is 10.3 Å². The van der Waals surface area contributed by atoms with Crippen molar-refractivity contribution in [2.45, 2.75) is 12.8 Å². The van der Waals surface area contributed by atoms with Gasteiger partial charge >= 0.3 is 5.97 Å². The van der Waals surface area contributed by atoms with E-state index in [4.69, 9.17) is 5.11 Å². The summed E-state index contributed by atoms with van der Waals surface area (Å²) in [5, 5.41) is 12.1. The third kappa shape index (κ3) is 4.52. The molecule has 2 N–H and O–H groups in total. The van der Waals surface area contributed by atoms with Crippen molar-refractivity contribution in [2.24, 2.45) is 0 Å². The number of carboxylic acid groups (broad SMARTS) is 1. The number of nitrogens with zero attached hydrogens (tertiary/aromatic N) is 1. The molecule has 0 bridgehead atoms. The van der Waals surface area contributed by atoms with Gasteiger partial charge < -0.3 is 10.4 Å². The molecule has 3 aromatic rings. The number of benzene rings is 2. The quantitative estimate of drug-likeness (QED) is 0.692. The predicted molar refractivity (Wildman–Crippen MR) is 97.6 cm³/mol. The number of anilines is 1. The number of amides is 1. The van der Waals surface area contributed by atoms with Gasteiger partial charge in [0.05, 0.1) is 18.5 Å². The summed E-state index contributed by atoms with van der Waals surface area (Å²) in [4.78, 5) is 28.2. The number of halogens is 1. The number of carbonyl (C=O) groups excluding carboxylic acids is 1. The minimum absolute atomic E-state index is 0.195. The second-order valence-electron chi connectivity index (χ2n) is 5.58. The molecule has 0 aliphatic carbocycles. The predicted octanol–water partition coefficient (Wildman–Crippen LogP) is 3.76. The summed E-state index contributed by atoms with van der Waals surface area (Å²) in [6, 6.07) is 14.9. The van der Waals surface area contributed by atoms with Gasteiger partial charge in [-0.2, -0.15) is 0 Å². The SMILES string of the molecule is O=C(O)Cc1sc(NC(=O)Cc2ccccc2)nc1-c1ccc(F)cc1. The minimum Gasteiger partial charge on any atom is -0.481 e. The molecule has 0 aliphatic rings. The molecular weight excluding hydrogens is 355 g/mol. The Balaban J connectivity index is 1.82. The van der Waals surface area contributed by atoms with Crippen molar-refractivity contribution < 1.29 is 19.1 Å². The number of aliphatic carboxylic acids is 1. The van der Waals surface area contributed by atoms with Gasteiger partial charge in [0, 0.05) is 10.4 Å². The standard InChI is InChI=1S/C19H15FN2O3S/c20-14-8-6-13(7-9-14)18-15(11-17(24)25)26-19(22-18)21-16(23)10-12-4-2-1-3-5-12/h1-9H,10-11H2,(H,24,25)(H,21,22,23). The number of carbonyl (C=O) groups is 2. The Kier molecular flexibility index (Phi) is 5.38. The number of nitrogens with one attached hydrogen (secondary N) is 1. The summed E-state index contributed by atoms with van der Waals surface area (Å²) in [7, 11) is 0. The fraction of sp³-hybridized carbons (Fsp3) is 0.105. The van der Waals surface area contributed by atoms with Crippen LogP contribution in [-0.4, -0.2) is 22.0 Å². The second-order valence-corrected chi connectivity index (χ2v) is 6.66. The van der Waals surface area contributed by atoms with Crippen molar-refractivity contribution in [2.75, 3.05) is 5.32 Å². The first-order valence-electron chi connectivity index (χ1n) is 7.82. The van der Waals surface area contributed by atoms with E-state index in [1.807, 2.05) is 30.3 Å². The first-order chi connectivity index (χ1) is 12.5. The fourth-order valence-corrected chi connectivity index (χ4v) is 3.43. The van der Waals surface area contributed by atoms with Crippen LogP contribution in [0, 0.1) is 5.82 Å². The molecule has 0 aliphatic heterocycles. The lowest BCUT2D eigenvalue weighted by Gasteiger charge is -2.01. The van der Waals surface area contributed by atoms with E-state index < -0.39 is 5.97 Å². The van der Waals surface area contributed by atoms with Gasteiger partial charge in [0.25, 0.3) is 0 Å². The van der Waals surface area contributed by atoms with Gasteiger partial charge in [0.2, 0.25) is 5.91 Å². The topological polar surface area (TPSA) is 79.3 Å². The zero-order valence-corrected chi connectivity index (χ0v) is 14.4. The number of aromatic nitrogens is 1. The molecule has 0 fully saturated rings. The van der Waals surface area contributed by atoms with Crippen molar-refractivity contribution in [1.29, 1.82) is 0 Å². The summed E-state index contributed by atoms with van der Waals surface area (Å²) in [6.45, 7) is 0. The van der Waals surface area contributed by atoms with Crippen LogP contribution in [0.4, 0.5) is 9.52 Å². The maximum absolute atomic E-state index is 13.1. The second kappa shape index (κ2) is 7.88. The number of rotatable bonds is 6. The highest BCUT2D eigenvalue weighted by atomic mass is 32.1. The molecule has 7 heteroatoms. The van der Waals surface area contributed by atoms with Crippen LogP contribution in [-0.2, 0) is 22.4 Å². The molecule has 0 unspecified atom stereocenters. The molecule has 5 nitrogen and oxygen atoms in total. The van der Waals surface area contributed by atoms with E-state index >= 15 is 0 Å². The summed E-state index contributed by atoms with van der Waals surface area (Å²) in [5.41, 5.74) is 1.90. The van der Waals surface area contributed by atoms with Crippen LogP contribution in [0.3, 0.4) is 0 Å². The molecule has 1 aromatic heterocycles. The third-order valence-electron chi connectivity index (χ3n) is 3.58. The zero-order valence-electron chi connectivity index (χ0n) is 13.6. The molecule has 0 saturated carbocycles. The smallest absolute Gasteiger partial charge is 0.308 e. The number of thiazole rings is 1. The monoisotopic (exact) mass is 370 g/mol. The molecule has 1 amide bonds. The highest BCUT2D eigenvalue weighted by Crippen LogP contribution is 2.32. The van der Waals surface area contributed by atoms with Gasteiger partial charge in [-0.05, 0) is 29.8 Å². The van der Waals surface area contributed by atoms with E-state index in [1.54, 1.807) is 0 Å². The molecule has 0 spiro atoms. The highest BCUT2D eigenvalue weighted by molar-refractivity contribution is 7.16. The maximum Gasteiger partial charge on any atom is 0.308 e. The number of hydrogen-bond acceptors (Lipinski definition) is 4. The molecule has 0 saturated heterocycles. The van der Waals surface area contributed by atoms with Gasteiger partial charge in [0.15, 0.2) is 5.13 Å². The van der Waals surface area contributed by atoms with Crippen LogP contribution >= 0.6 is 11.3 Å². The van der Waals surface area contributed by atoms with Crippen molar-refractivity contribution in [3.05, 3.63) is 70.9 Å². The first kappa shape index (κ1) is 17.8. The Hall–Kier alpha value is -3.06. The van der Waals surface area contributed by atoms with Crippen LogP contribution in [0.25, 0.3) is 11.3 Å². The van der Waals surface area contributed by atoms with E-state index in [1.165, 1.54) is 24.3 Å². The Labute approximate surface area is 153 Å². The molecule has 3 rings (SSSR count). The molecule has 0 radical (unpaired) electrons. The molecule has 1 heterocycles. The van der Waals surface area contributed by atoms with E-state index in [0.29, 0.717) is 21.3 Å². The van der Waals surface area contributed by atoms with Gasteiger partial charge in [-0.15, -0.1) is 11.3 Å². The molecule has 0 atom stereocenters. The van der Waals surface area contributed by atoms with E-state index in [9.17, 15) is 14.0 Å². The van der Waals surface area contributed by atoms with Crippen LogP contribution < -0.4 is 5.32 Å². The normalized spacial score (nSPS) is 10.5. The molecule has 2 aromatic carbocycles. The lowest BCUT2D eigenvalue weighted by Crippen LogP contribution is -2.14. The number of carboxylic acids is 1. The Bertz CT molecular complexity index is 924. The van der Waals surface area contributed by atoms with Crippen LogP contribution in [0.1, 0.15) is 10.4 Å².